The number of esters is 1. The average molecular weight is 373 g/mol. The Hall–Kier alpha value is -2.60. The number of fused-ring (bicyclic) bond motifs is 1. The predicted octanol–water partition coefficient (Wildman–Crippen LogP) is 3.47. The van der Waals surface area contributed by atoms with E-state index in [1.54, 1.807) is 20.8 Å². The van der Waals surface area contributed by atoms with Crippen LogP contribution in [0.15, 0.2) is 42.5 Å². The second-order valence-corrected chi connectivity index (χ2v) is 7.24. The van der Waals surface area contributed by atoms with Crippen LogP contribution < -0.4 is 5.32 Å². The second-order valence-electron chi connectivity index (χ2n) is 7.24. The highest BCUT2D eigenvalue weighted by molar-refractivity contribution is 5.84. The van der Waals surface area contributed by atoms with E-state index >= 15 is 0 Å². The van der Waals surface area contributed by atoms with Gasteiger partial charge in [-0.2, -0.15) is 0 Å². The van der Waals surface area contributed by atoms with Crippen molar-refractivity contribution >= 4 is 22.8 Å². The highest BCUT2D eigenvalue weighted by Crippen LogP contribution is 2.17. The summed E-state index contributed by atoms with van der Waals surface area (Å²) in [5, 5.41) is 4.80. The number of amides is 1. The van der Waals surface area contributed by atoms with E-state index in [1.165, 1.54) is 7.11 Å². The van der Waals surface area contributed by atoms with E-state index in [0.717, 1.165) is 16.3 Å². The Morgan fingerprint density at radius 2 is 1.74 bits per heavy atom. The van der Waals surface area contributed by atoms with Crippen LogP contribution in [-0.2, 0) is 25.4 Å². The van der Waals surface area contributed by atoms with Gasteiger partial charge in [-0.15, -0.1) is 0 Å². The monoisotopic (exact) mass is 373 g/mol. The minimum Gasteiger partial charge on any atom is -0.462 e. The fourth-order valence-corrected chi connectivity index (χ4v) is 2.57. The SMILES string of the molecule is COCCOC(=O)C(Cc1ccc2ccccc2c1)NC(=O)OC(C)(C)C. The number of rotatable bonds is 7. The van der Waals surface area contributed by atoms with E-state index < -0.39 is 23.7 Å². The zero-order valence-corrected chi connectivity index (χ0v) is 16.3. The molecule has 0 bridgehead atoms. The highest BCUT2D eigenvalue weighted by atomic mass is 16.6. The zero-order valence-electron chi connectivity index (χ0n) is 16.3. The Labute approximate surface area is 159 Å². The number of carbonyl (C=O) groups is 2. The second kappa shape index (κ2) is 9.37. The number of carbonyl (C=O) groups excluding carboxylic acids is 2. The average Bonchev–Trinajstić information content (AvgIpc) is 2.59. The summed E-state index contributed by atoms with van der Waals surface area (Å²) in [4.78, 5) is 24.6. The third-order valence-corrected chi connectivity index (χ3v) is 3.76. The van der Waals surface area contributed by atoms with Crippen molar-refractivity contribution in [1.82, 2.24) is 5.32 Å². The molecule has 2 aromatic carbocycles. The molecule has 1 atom stereocenters. The van der Waals surface area contributed by atoms with Crippen molar-refractivity contribution < 1.29 is 23.8 Å². The summed E-state index contributed by atoms with van der Waals surface area (Å²) in [6, 6.07) is 13.0. The van der Waals surface area contributed by atoms with Gasteiger partial charge in [-0.3, -0.25) is 0 Å². The van der Waals surface area contributed by atoms with Crippen molar-refractivity contribution in [2.45, 2.75) is 38.8 Å². The van der Waals surface area contributed by atoms with Crippen LogP contribution in [0.5, 0.6) is 0 Å². The van der Waals surface area contributed by atoms with Gasteiger partial charge in [-0.25, -0.2) is 9.59 Å². The molecule has 0 aliphatic heterocycles. The fraction of sp³-hybridized carbons (Fsp3) is 0.429. The maximum Gasteiger partial charge on any atom is 0.408 e. The Balaban J connectivity index is 2.13. The molecule has 146 valence electrons. The van der Waals surface area contributed by atoms with Crippen molar-refractivity contribution in [1.29, 1.82) is 0 Å². The van der Waals surface area contributed by atoms with Crippen LogP contribution >= 0.6 is 0 Å². The summed E-state index contributed by atoms with van der Waals surface area (Å²) in [6.45, 7) is 5.71. The maximum atomic E-state index is 12.4. The Kier molecular flexibility index (Phi) is 7.19. The molecular formula is C21H27NO5. The van der Waals surface area contributed by atoms with E-state index in [4.69, 9.17) is 14.2 Å². The molecule has 1 unspecified atom stereocenters. The number of nitrogens with one attached hydrogen (secondary N) is 1. The first kappa shape index (κ1) is 20.7. The van der Waals surface area contributed by atoms with Crippen LogP contribution in [-0.4, -0.2) is 44.0 Å². The molecule has 6 heteroatoms. The van der Waals surface area contributed by atoms with Crippen LogP contribution in [0, 0.1) is 0 Å². The fourth-order valence-electron chi connectivity index (χ4n) is 2.57. The van der Waals surface area contributed by atoms with Gasteiger partial charge in [0, 0.05) is 13.5 Å². The number of benzene rings is 2. The standard InChI is InChI=1S/C21H27NO5/c1-21(2,3)27-20(24)22-18(19(23)26-12-11-25-4)14-15-9-10-16-7-5-6-8-17(16)13-15/h5-10,13,18H,11-12,14H2,1-4H3,(H,22,24). The molecular weight excluding hydrogens is 346 g/mol. The molecule has 1 amide bonds. The lowest BCUT2D eigenvalue weighted by molar-refractivity contribution is -0.147. The third-order valence-electron chi connectivity index (χ3n) is 3.76. The third kappa shape index (κ3) is 6.90. The van der Waals surface area contributed by atoms with Gasteiger partial charge in [0.15, 0.2) is 0 Å². The van der Waals surface area contributed by atoms with E-state index in [-0.39, 0.29) is 6.61 Å². The highest BCUT2D eigenvalue weighted by Gasteiger charge is 2.26. The minimum atomic E-state index is -0.849. The normalized spacial score (nSPS) is 12.4. The number of methoxy groups -OCH3 is 1. The van der Waals surface area contributed by atoms with Crippen molar-refractivity contribution in [3.05, 3.63) is 48.0 Å². The quantitative estimate of drug-likeness (QED) is 0.594. The van der Waals surface area contributed by atoms with Crippen LogP contribution in [0.3, 0.4) is 0 Å². The van der Waals surface area contributed by atoms with E-state index in [0.29, 0.717) is 13.0 Å². The maximum absolute atomic E-state index is 12.4. The Bertz CT molecular complexity index is 781. The van der Waals surface area contributed by atoms with Gasteiger partial charge in [0.1, 0.15) is 18.2 Å². The summed E-state index contributed by atoms with van der Waals surface area (Å²) in [5.74, 6) is -0.522. The van der Waals surface area contributed by atoms with E-state index in [1.807, 2.05) is 42.5 Å². The van der Waals surface area contributed by atoms with Crippen LogP contribution in [0.1, 0.15) is 26.3 Å². The summed E-state index contributed by atoms with van der Waals surface area (Å²) < 4.78 is 15.4. The molecule has 1 N–H and O–H groups in total. The van der Waals surface area contributed by atoms with Gasteiger partial charge in [-0.05, 0) is 37.1 Å². The van der Waals surface area contributed by atoms with E-state index in [2.05, 4.69) is 5.32 Å². The molecule has 0 aromatic heterocycles. The molecule has 0 spiro atoms. The Morgan fingerprint density at radius 3 is 2.41 bits per heavy atom. The largest absolute Gasteiger partial charge is 0.462 e. The first-order valence-corrected chi connectivity index (χ1v) is 8.91. The lowest BCUT2D eigenvalue weighted by atomic mass is 10.0. The van der Waals surface area contributed by atoms with E-state index in [9.17, 15) is 9.59 Å². The van der Waals surface area contributed by atoms with Crippen molar-refractivity contribution in [3.8, 4) is 0 Å². The number of hydrogen-bond acceptors (Lipinski definition) is 5. The van der Waals surface area contributed by atoms with Crippen LogP contribution in [0.4, 0.5) is 4.79 Å². The van der Waals surface area contributed by atoms with Gasteiger partial charge in [0.05, 0.1) is 6.61 Å². The number of alkyl carbamates (subject to hydrolysis) is 1. The molecule has 27 heavy (non-hydrogen) atoms. The summed E-state index contributed by atoms with van der Waals surface area (Å²) in [7, 11) is 1.53. The first-order valence-electron chi connectivity index (χ1n) is 8.91. The molecule has 0 heterocycles. The van der Waals surface area contributed by atoms with Crippen LogP contribution in [0.2, 0.25) is 0 Å². The van der Waals surface area contributed by atoms with Crippen molar-refractivity contribution in [2.24, 2.45) is 0 Å². The molecule has 0 radical (unpaired) electrons. The summed E-state index contributed by atoms with van der Waals surface area (Å²) in [6.07, 6.45) is -0.354. The molecule has 0 aliphatic rings. The number of hydrogen-bond donors (Lipinski definition) is 1. The predicted molar refractivity (Wildman–Crippen MR) is 104 cm³/mol. The lowest BCUT2D eigenvalue weighted by Gasteiger charge is -2.23. The summed E-state index contributed by atoms with van der Waals surface area (Å²) in [5.41, 5.74) is 0.260. The van der Waals surface area contributed by atoms with Crippen molar-refractivity contribution in [3.63, 3.8) is 0 Å². The van der Waals surface area contributed by atoms with Crippen molar-refractivity contribution in [2.75, 3.05) is 20.3 Å². The van der Waals surface area contributed by atoms with Crippen LogP contribution in [0.25, 0.3) is 10.8 Å². The molecule has 0 saturated carbocycles. The molecule has 0 fully saturated rings. The molecule has 2 aromatic rings. The van der Waals surface area contributed by atoms with Gasteiger partial charge in [-0.1, -0.05) is 42.5 Å². The number of ether oxygens (including phenoxy) is 3. The minimum absolute atomic E-state index is 0.125. The van der Waals surface area contributed by atoms with Gasteiger partial charge < -0.3 is 19.5 Å². The Morgan fingerprint density at radius 1 is 1.04 bits per heavy atom. The van der Waals surface area contributed by atoms with Gasteiger partial charge in [0.2, 0.25) is 0 Å². The zero-order chi connectivity index (χ0) is 19.9. The smallest absolute Gasteiger partial charge is 0.408 e. The molecule has 0 aliphatic carbocycles. The summed E-state index contributed by atoms with van der Waals surface area (Å²) >= 11 is 0. The molecule has 6 nitrogen and oxygen atoms in total. The molecule has 0 saturated heterocycles. The topological polar surface area (TPSA) is 73.9 Å². The van der Waals surface area contributed by atoms with Gasteiger partial charge >= 0.3 is 12.1 Å². The van der Waals surface area contributed by atoms with Gasteiger partial charge in [0.25, 0.3) is 0 Å². The lowest BCUT2D eigenvalue weighted by Crippen LogP contribution is -2.45. The molecule has 2 rings (SSSR count). The first-order chi connectivity index (χ1) is 12.8.